The van der Waals surface area contributed by atoms with Crippen molar-refractivity contribution in [2.75, 3.05) is 39.2 Å². The van der Waals surface area contributed by atoms with E-state index in [2.05, 4.69) is 10.3 Å². The second kappa shape index (κ2) is 10.7. The Morgan fingerprint density at radius 2 is 1.94 bits per heavy atom. The highest BCUT2D eigenvalue weighted by Crippen LogP contribution is 2.30. The molecule has 2 amide bonds. The third-order valence-electron chi connectivity index (χ3n) is 5.83. The van der Waals surface area contributed by atoms with Crippen molar-refractivity contribution >= 4 is 44.5 Å². The van der Waals surface area contributed by atoms with Crippen LogP contribution in [0, 0.1) is 5.92 Å². The van der Waals surface area contributed by atoms with Gasteiger partial charge in [-0.1, -0.05) is 17.4 Å². The SMILES string of the molecule is CCOC(=O)c1ccc2nc(NC(=O)C3CC(=O)N(CCc4ccc(OC)c(OC)c4)C3)sc2c1. The molecule has 1 fully saturated rings. The van der Waals surface area contributed by atoms with E-state index in [0.717, 1.165) is 10.3 Å². The van der Waals surface area contributed by atoms with Crippen LogP contribution in [-0.2, 0) is 20.7 Å². The van der Waals surface area contributed by atoms with Gasteiger partial charge in [0.25, 0.3) is 0 Å². The zero-order valence-electron chi connectivity index (χ0n) is 19.8. The van der Waals surface area contributed by atoms with Gasteiger partial charge in [-0.2, -0.15) is 0 Å². The summed E-state index contributed by atoms with van der Waals surface area (Å²) >= 11 is 1.28. The first kappa shape index (κ1) is 24.5. The van der Waals surface area contributed by atoms with Crippen molar-refractivity contribution in [2.45, 2.75) is 19.8 Å². The number of rotatable bonds is 9. The molecule has 1 aliphatic heterocycles. The molecule has 1 saturated heterocycles. The van der Waals surface area contributed by atoms with Gasteiger partial charge in [-0.05, 0) is 49.2 Å². The number of ether oxygens (including phenoxy) is 3. The van der Waals surface area contributed by atoms with Gasteiger partial charge in [0, 0.05) is 19.5 Å². The summed E-state index contributed by atoms with van der Waals surface area (Å²) in [6, 6.07) is 10.7. The second-order valence-electron chi connectivity index (χ2n) is 8.09. The lowest BCUT2D eigenvalue weighted by Gasteiger charge is -2.17. The minimum absolute atomic E-state index is 0.0472. The van der Waals surface area contributed by atoms with E-state index in [1.54, 1.807) is 44.2 Å². The molecule has 4 rings (SSSR count). The fraction of sp³-hybridized carbons (Fsp3) is 0.360. The van der Waals surface area contributed by atoms with Gasteiger partial charge < -0.3 is 24.4 Å². The molecule has 2 aromatic carbocycles. The van der Waals surface area contributed by atoms with Crippen LogP contribution in [0.25, 0.3) is 10.2 Å². The molecule has 184 valence electrons. The number of hydrogen-bond donors (Lipinski definition) is 1. The summed E-state index contributed by atoms with van der Waals surface area (Å²) in [4.78, 5) is 43.5. The first-order valence-corrected chi connectivity index (χ1v) is 12.1. The first-order chi connectivity index (χ1) is 16.9. The summed E-state index contributed by atoms with van der Waals surface area (Å²) in [7, 11) is 3.17. The number of aromatic nitrogens is 1. The molecule has 1 aliphatic rings. The van der Waals surface area contributed by atoms with Crippen LogP contribution in [-0.4, -0.2) is 61.6 Å². The summed E-state index contributed by atoms with van der Waals surface area (Å²) in [5.74, 6) is 0.157. The van der Waals surface area contributed by atoms with Crippen molar-refractivity contribution < 1.29 is 28.6 Å². The van der Waals surface area contributed by atoms with Crippen molar-refractivity contribution in [3.05, 3.63) is 47.5 Å². The van der Waals surface area contributed by atoms with Crippen LogP contribution in [0.15, 0.2) is 36.4 Å². The van der Waals surface area contributed by atoms with Gasteiger partial charge in [0.1, 0.15) is 0 Å². The Balaban J connectivity index is 1.35. The average molecular weight is 498 g/mol. The van der Waals surface area contributed by atoms with E-state index in [-0.39, 0.29) is 18.2 Å². The van der Waals surface area contributed by atoms with Crippen LogP contribution < -0.4 is 14.8 Å². The van der Waals surface area contributed by atoms with Gasteiger partial charge in [-0.15, -0.1) is 0 Å². The highest BCUT2D eigenvalue weighted by Gasteiger charge is 2.34. The zero-order valence-corrected chi connectivity index (χ0v) is 20.6. The number of nitrogens with zero attached hydrogens (tertiary/aromatic N) is 2. The van der Waals surface area contributed by atoms with Gasteiger partial charge >= 0.3 is 5.97 Å². The Hall–Kier alpha value is -3.66. The van der Waals surface area contributed by atoms with E-state index in [1.165, 1.54) is 11.3 Å². The van der Waals surface area contributed by atoms with Crippen LogP contribution >= 0.6 is 11.3 Å². The summed E-state index contributed by atoms with van der Waals surface area (Å²) in [5, 5.41) is 3.27. The van der Waals surface area contributed by atoms with E-state index in [1.807, 2.05) is 18.2 Å². The van der Waals surface area contributed by atoms with E-state index in [4.69, 9.17) is 14.2 Å². The molecule has 0 radical (unpaired) electrons. The predicted octanol–water partition coefficient (Wildman–Crippen LogP) is 3.52. The first-order valence-electron chi connectivity index (χ1n) is 11.3. The molecule has 0 aliphatic carbocycles. The Morgan fingerprint density at radius 1 is 1.14 bits per heavy atom. The Kier molecular flexibility index (Phi) is 7.50. The smallest absolute Gasteiger partial charge is 0.338 e. The summed E-state index contributed by atoms with van der Waals surface area (Å²) < 4.78 is 16.4. The van der Waals surface area contributed by atoms with E-state index < -0.39 is 11.9 Å². The maximum absolute atomic E-state index is 12.8. The average Bonchev–Trinajstić information content (AvgIpc) is 3.44. The number of esters is 1. The van der Waals surface area contributed by atoms with Crippen LogP contribution in [0.2, 0.25) is 0 Å². The number of carbonyl (C=O) groups excluding carboxylic acids is 3. The Morgan fingerprint density at radius 3 is 2.69 bits per heavy atom. The van der Waals surface area contributed by atoms with Crippen molar-refractivity contribution in [3.8, 4) is 11.5 Å². The molecule has 2 heterocycles. The highest BCUT2D eigenvalue weighted by atomic mass is 32.1. The van der Waals surface area contributed by atoms with Crippen molar-refractivity contribution in [1.82, 2.24) is 9.88 Å². The number of nitrogens with one attached hydrogen (secondary N) is 1. The second-order valence-corrected chi connectivity index (χ2v) is 9.12. The number of anilines is 1. The fourth-order valence-corrected chi connectivity index (χ4v) is 4.90. The highest BCUT2D eigenvalue weighted by molar-refractivity contribution is 7.22. The maximum Gasteiger partial charge on any atom is 0.338 e. The molecule has 1 aromatic heterocycles. The lowest BCUT2D eigenvalue weighted by Crippen LogP contribution is -2.30. The molecular formula is C25H27N3O6S. The summed E-state index contributed by atoms with van der Waals surface area (Å²) in [5.41, 5.74) is 2.13. The third kappa shape index (κ3) is 5.54. The molecule has 1 unspecified atom stereocenters. The lowest BCUT2D eigenvalue weighted by atomic mass is 10.1. The quantitative estimate of drug-likeness (QED) is 0.451. The van der Waals surface area contributed by atoms with Crippen LogP contribution in [0.3, 0.4) is 0 Å². The molecule has 9 nitrogen and oxygen atoms in total. The monoisotopic (exact) mass is 497 g/mol. The van der Waals surface area contributed by atoms with E-state index >= 15 is 0 Å². The number of fused-ring (bicyclic) bond motifs is 1. The Labute approximate surface area is 207 Å². The van der Waals surface area contributed by atoms with Crippen molar-refractivity contribution in [1.29, 1.82) is 0 Å². The molecule has 10 heteroatoms. The predicted molar refractivity (Wildman–Crippen MR) is 132 cm³/mol. The van der Waals surface area contributed by atoms with Gasteiger partial charge in [0.05, 0.1) is 42.5 Å². The van der Waals surface area contributed by atoms with Crippen LogP contribution in [0.5, 0.6) is 11.5 Å². The number of carbonyl (C=O) groups is 3. The normalized spacial score (nSPS) is 15.3. The topological polar surface area (TPSA) is 107 Å². The van der Waals surface area contributed by atoms with Gasteiger partial charge in [0.15, 0.2) is 16.6 Å². The molecule has 0 bridgehead atoms. The Bertz CT molecular complexity index is 1260. The number of methoxy groups -OCH3 is 2. The van der Waals surface area contributed by atoms with Gasteiger partial charge in [-0.3, -0.25) is 9.59 Å². The molecule has 1 N–H and O–H groups in total. The number of thiazole rings is 1. The zero-order chi connectivity index (χ0) is 24.9. The molecule has 1 atom stereocenters. The van der Waals surface area contributed by atoms with E-state index in [9.17, 15) is 14.4 Å². The van der Waals surface area contributed by atoms with Crippen LogP contribution in [0.4, 0.5) is 5.13 Å². The summed E-state index contributed by atoms with van der Waals surface area (Å²) in [6.07, 6.45) is 0.802. The number of benzene rings is 2. The van der Waals surface area contributed by atoms with Gasteiger partial charge in [0.2, 0.25) is 11.8 Å². The molecular weight excluding hydrogens is 470 g/mol. The van der Waals surface area contributed by atoms with Crippen molar-refractivity contribution in [3.63, 3.8) is 0 Å². The summed E-state index contributed by atoms with van der Waals surface area (Å²) in [6.45, 7) is 2.92. The van der Waals surface area contributed by atoms with Crippen molar-refractivity contribution in [2.24, 2.45) is 5.92 Å². The minimum atomic E-state index is -0.449. The minimum Gasteiger partial charge on any atom is -0.493 e. The maximum atomic E-state index is 12.8. The number of likely N-dealkylation sites (tertiary alicyclic amines) is 1. The number of hydrogen-bond acceptors (Lipinski definition) is 8. The third-order valence-corrected chi connectivity index (χ3v) is 6.77. The standard InChI is InChI=1S/C25H27N3O6S/c1-4-34-24(31)16-6-7-18-21(12-16)35-25(26-18)27-23(30)17-13-22(29)28(14-17)10-9-15-5-8-19(32-2)20(11-15)33-3/h5-8,11-12,17H,4,9-10,13-14H2,1-3H3,(H,26,27,30). The lowest BCUT2D eigenvalue weighted by molar-refractivity contribution is -0.128. The number of amides is 2. The molecule has 0 saturated carbocycles. The van der Waals surface area contributed by atoms with Crippen LogP contribution in [0.1, 0.15) is 29.3 Å². The van der Waals surface area contributed by atoms with E-state index in [0.29, 0.717) is 53.8 Å². The fourth-order valence-electron chi connectivity index (χ4n) is 3.99. The largest absolute Gasteiger partial charge is 0.493 e. The molecule has 0 spiro atoms. The van der Waals surface area contributed by atoms with Gasteiger partial charge in [-0.25, -0.2) is 9.78 Å². The molecule has 35 heavy (non-hydrogen) atoms. The molecule has 3 aromatic rings.